The molecule has 0 spiro atoms. The minimum Gasteiger partial charge on any atom is -0.365 e. The monoisotopic (exact) mass is 253 g/mol. The van der Waals surface area contributed by atoms with Crippen LogP contribution in [0.1, 0.15) is 17.8 Å². The molecule has 0 atom stereocenters. The van der Waals surface area contributed by atoms with Gasteiger partial charge < -0.3 is 15.0 Å². The maximum atomic E-state index is 11.4. The molecule has 0 saturated heterocycles. The molecule has 0 aromatic carbocycles. The molecular weight excluding hydrogens is 234 g/mol. The Labute approximate surface area is 106 Å². The summed E-state index contributed by atoms with van der Waals surface area (Å²) in [6.45, 7) is 3.03. The van der Waals surface area contributed by atoms with Gasteiger partial charge in [0.2, 0.25) is 5.91 Å². The molecule has 0 radical (unpaired) electrons. The summed E-state index contributed by atoms with van der Waals surface area (Å²) in [6.07, 6.45) is 1.05. The average molecular weight is 253 g/mol. The number of hydrogen-bond acceptors (Lipinski definition) is 5. The van der Waals surface area contributed by atoms with Crippen LogP contribution in [0.5, 0.6) is 0 Å². The highest BCUT2D eigenvalue weighted by Gasteiger charge is 2.15. The third-order valence-corrected chi connectivity index (χ3v) is 2.90. The number of aryl methyl sites for hydroxylation is 1. The topological polar surface area (TPSA) is 72.3 Å². The van der Waals surface area contributed by atoms with E-state index in [2.05, 4.69) is 15.6 Å². The van der Waals surface area contributed by atoms with Crippen molar-refractivity contribution in [3.05, 3.63) is 11.4 Å². The first-order valence-corrected chi connectivity index (χ1v) is 6.08. The van der Waals surface area contributed by atoms with Crippen LogP contribution in [0.4, 0.5) is 0 Å². The zero-order chi connectivity index (χ0) is 13.0. The Morgan fingerprint density at radius 1 is 1.56 bits per heavy atom. The highest BCUT2D eigenvalue weighted by Crippen LogP contribution is 2.10. The molecule has 2 rings (SSSR count). The molecule has 1 aliphatic heterocycles. The maximum Gasteiger partial charge on any atom is 0.248 e. The highest BCUT2D eigenvalue weighted by atomic mass is 16.5. The largest absolute Gasteiger partial charge is 0.365 e. The predicted octanol–water partition coefficient (Wildman–Crippen LogP) is -0.624. The van der Waals surface area contributed by atoms with Crippen molar-refractivity contribution in [2.75, 3.05) is 27.2 Å². The van der Waals surface area contributed by atoms with E-state index in [1.807, 2.05) is 4.68 Å². The van der Waals surface area contributed by atoms with E-state index in [4.69, 9.17) is 4.74 Å². The summed E-state index contributed by atoms with van der Waals surface area (Å²) in [7, 11) is 3.42. The molecular formula is C11H19N5O2. The number of hydrogen-bond donors (Lipinski definition) is 1. The lowest BCUT2D eigenvalue weighted by molar-refractivity contribution is -0.134. The normalized spacial score (nSPS) is 15.0. The zero-order valence-corrected chi connectivity index (χ0v) is 10.8. The minimum atomic E-state index is -0.0496. The molecule has 1 N–H and O–H groups in total. The van der Waals surface area contributed by atoms with Crippen molar-refractivity contribution >= 4 is 5.91 Å². The summed E-state index contributed by atoms with van der Waals surface area (Å²) in [4.78, 5) is 12.9. The van der Waals surface area contributed by atoms with Crippen LogP contribution in [0.25, 0.3) is 0 Å². The number of carbonyl (C=O) groups excluding carboxylic acids is 1. The number of nitrogens with one attached hydrogen (secondary N) is 1. The number of amides is 1. The molecule has 0 fully saturated rings. The molecule has 0 bridgehead atoms. The van der Waals surface area contributed by atoms with Crippen LogP contribution in [-0.4, -0.2) is 53.0 Å². The Morgan fingerprint density at radius 2 is 2.39 bits per heavy atom. The first-order chi connectivity index (χ1) is 8.68. The SMILES string of the molecule is CN(C)C(=O)COCc1nnn2c1CNCCC2. The van der Waals surface area contributed by atoms with Crippen LogP contribution in [0.3, 0.4) is 0 Å². The van der Waals surface area contributed by atoms with Gasteiger partial charge in [0, 0.05) is 27.2 Å². The Hall–Kier alpha value is -1.47. The number of rotatable bonds is 4. The average Bonchev–Trinajstić information content (AvgIpc) is 2.59. The van der Waals surface area contributed by atoms with E-state index in [0.717, 1.165) is 37.4 Å². The zero-order valence-electron chi connectivity index (χ0n) is 10.8. The quantitative estimate of drug-likeness (QED) is 0.774. The fourth-order valence-corrected chi connectivity index (χ4v) is 1.78. The lowest BCUT2D eigenvalue weighted by Crippen LogP contribution is -2.26. The van der Waals surface area contributed by atoms with Crippen LogP contribution in [0.2, 0.25) is 0 Å². The molecule has 1 aromatic heterocycles. The van der Waals surface area contributed by atoms with Gasteiger partial charge in [0.1, 0.15) is 12.3 Å². The molecule has 1 amide bonds. The van der Waals surface area contributed by atoms with E-state index < -0.39 is 0 Å². The fraction of sp³-hybridized carbons (Fsp3) is 0.727. The predicted molar refractivity (Wildman–Crippen MR) is 64.7 cm³/mol. The summed E-state index contributed by atoms with van der Waals surface area (Å²) < 4.78 is 7.28. The van der Waals surface area contributed by atoms with Crippen molar-refractivity contribution in [2.24, 2.45) is 0 Å². The smallest absolute Gasteiger partial charge is 0.248 e. The standard InChI is InChI=1S/C11H19N5O2/c1-15(2)11(17)8-18-7-9-10-6-12-4-3-5-16(10)14-13-9/h12H,3-8H2,1-2H3. The fourth-order valence-electron chi connectivity index (χ4n) is 1.78. The minimum absolute atomic E-state index is 0.0496. The first-order valence-electron chi connectivity index (χ1n) is 6.08. The van der Waals surface area contributed by atoms with E-state index >= 15 is 0 Å². The Balaban J connectivity index is 1.90. The first kappa shape index (κ1) is 13.0. The summed E-state index contributed by atoms with van der Waals surface area (Å²) in [5.41, 5.74) is 1.88. The number of carbonyl (C=O) groups is 1. The molecule has 1 aromatic rings. The molecule has 1 aliphatic rings. The third kappa shape index (κ3) is 3.05. The number of nitrogens with zero attached hydrogens (tertiary/aromatic N) is 4. The summed E-state index contributed by atoms with van der Waals surface area (Å²) in [5, 5.41) is 11.5. The van der Waals surface area contributed by atoms with E-state index in [0.29, 0.717) is 6.61 Å². The van der Waals surface area contributed by atoms with Crippen molar-refractivity contribution in [2.45, 2.75) is 26.1 Å². The third-order valence-electron chi connectivity index (χ3n) is 2.90. The molecule has 7 heteroatoms. The number of aromatic nitrogens is 3. The number of ether oxygens (including phenoxy) is 1. The molecule has 7 nitrogen and oxygen atoms in total. The van der Waals surface area contributed by atoms with Crippen molar-refractivity contribution in [3.63, 3.8) is 0 Å². The van der Waals surface area contributed by atoms with Crippen molar-refractivity contribution < 1.29 is 9.53 Å². The summed E-state index contributed by atoms with van der Waals surface area (Å²) >= 11 is 0. The molecule has 2 heterocycles. The second kappa shape index (κ2) is 5.92. The second-order valence-corrected chi connectivity index (χ2v) is 4.52. The van der Waals surface area contributed by atoms with Gasteiger partial charge in [-0.25, -0.2) is 4.68 Å². The van der Waals surface area contributed by atoms with Crippen molar-refractivity contribution in [3.8, 4) is 0 Å². The number of fused-ring (bicyclic) bond motifs is 1. The Morgan fingerprint density at radius 3 is 3.17 bits per heavy atom. The van der Waals surface area contributed by atoms with Crippen LogP contribution < -0.4 is 5.32 Å². The van der Waals surface area contributed by atoms with Gasteiger partial charge in [0.05, 0.1) is 12.3 Å². The molecule has 0 saturated carbocycles. The van der Waals surface area contributed by atoms with E-state index in [9.17, 15) is 4.79 Å². The molecule has 100 valence electrons. The van der Waals surface area contributed by atoms with Gasteiger partial charge >= 0.3 is 0 Å². The maximum absolute atomic E-state index is 11.4. The Bertz CT molecular complexity index is 416. The van der Waals surface area contributed by atoms with E-state index in [-0.39, 0.29) is 12.5 Å². The lowest BCUT2D eigenvalue weighted by atomic mass is 10.3. The Kier molecular flexibility index (Phi) is 4.27. The highest BCUT2D eigenvalue weighted by molar-refractivity contribution is 5.76. The lowest BCUT2D eigenvalue weighted by Gasteiger charge is -2.10. The molecule has 0 aliphatic carbocycles. The van der Waals surface area contributed by atoms with Gasteiger partial charge in [0.25, 0.3) is 0 Å². The van der Waals surface area contributed by atoms with Crippen LogP contribution in [-0.2, 0) is 29.2 Å². The molecule has 0 unspecified atom stereocenters. The van der Waals surface area contributed by atoms with Crippen LogP contribution >= 0.6 is 0 Å². The van der Waals surface area contributed by atoms with Gasteiger partial charge in [-0.3, -0.25) is 4.79 Å². The van der Waals surface area contributed by atoms with Gasteiger partial charge in [0.15, 0.2) is 0 Å². The van der Waals surface area contributed by atoms with Gasteiger partial charge in [-0.15, -0.1) is 5.10 Å². The van der Waals surface area contributed by atoms with E-state index in [1.165, 1.54) is 4.90 Å². The van der Waals surface area contributed by atoms with Crippen LogP contribution in [0.15, 0.2) is 0 Å². The second-order valence-electron chi connectivity index (χ2n) is 4.52. The van der Waals surface area contributed by atoms with Gasteiger partial charge in [-0.1, -0.05) is 5.21 Å². The van der Waals surface area contributed by atoms with E-state index in [1.54, 1.807) is 14.1 Å². The van der Waals surface area contributed by atoms with Gasteiger partial charge in [-0.2, -0.15) is 0 Å². The van der Waals surface area contributed by atoms with Gasteiger partial charge in [-0.05, 0) is 13.0 Å². The van der Waals surface area contributed by atoms with Crippen molar-refractivity contribution in [1.29, 1.82) is 0 Å². The van der Waals surface area contributed by atoms with Crippen LogP contribution in [0, 0.1) is 0 Å². The number of likely N-dealkylation sites (N-methyl/N-ethyl adjacent to an activating group) is 1. The summed E-state index contributed by atoms with van der Waals surface area (Å²) in [6, 6.07) is 0. The molecule has 18 heavy (non-hydrogen) atoms. The summed E-state index contributed by atoms with van der Waals surface area (Å²) in [5.74, 6) is -0.0496. The van der Waals surface area contributed by atoms with Crippen molar-refractivity contribution in [1.82, 2.24) is 25.2 Å².